The maximum Gasteiger partial charge on any atom is 0.171 e. The van der Waals surface area contributed by atoms with Crippen LogP contribution in [0.2, 0.25) is 0 Å². The van der Waals surface area contributed by atoms with Crippen LogP contribution in [0.15, 0.2) is 24.3 Å². The Morgan fingerprint density at radius 1 is 1.19 bits per heavy atom. The van der Waals surface area contributed by atoms with Crippen LogP contribution >= 0.6 is 10.0 Å². The first kappa shape index (κ1) is 11.7. The Hall–Kier alpha value is -0.760. The van der Waals surface area contributed by atoms with Crippen LogP contribution in [0.4, 0.5) is 0 Å². The van der Waals surface area contributed by atoms with E-state index >= 15 is 0 Å². The van der Waals surface area contributed by atoms with Crippen LogP contribution in [-0.2, 0) is 0 Å². The fraction of sp³-hybridized carbons (Fsp3) is 0.500. The van der Waals surface area contributed by atoms with Crippen molar-refractivity contribution in [3.8, 4) is 0 Å². The van der Waals surface area contributed by atoms with E-state index in [0.717, 1.165) is 11.3 Å². The summed E-state index contributed by atoms with van der Waals surface area (Å²) >= 11 is 0. The van der Waals surface area contributed by atoms with Gasteiger partial charge in [-0.3, -0.25) is 4.79 Å². The molecule has 16 heavy (non-hydrogen) atoms. The van der Waals surface area contributed by atoms with Crippen LogP contribution in [0, 0.1) is 6.92 Å². The number of ketones is 1. The molecule has 1 heterocycles. The molecule has 0 atom stereocenters. The number of Topliss-reactive ketones (excluding diaryl/α,β-unsaturated/α-hetero) is 1. The summed E-state index contributed by atoms with van der Waals surface area (Å²) in [6.07, 6.45) is 4.99. The zero-order valence-corrected chi connectivity index (χ0v) is 11.0. The quantitative estimate of drug-likeness (QED) is 0.735. The van der Waals surface area contributed by atoms with Crippen LogP contribution in [0.25, 0.3) is 0 Å². The Morgan fingerprint density at radius 3 is 2.31 bits per heavy atom. The molecular weight excluding hydrogens is 216 g/mol. The number of carbonyl (C=O) groups is 1. The molecule has 2 rings (SSSR count). The van der Waals surface area contributed by atoms with E-state index in [1.807, 2.05) is 24.3 Å². The highest BCUT2D eigenvalue weighted by atomic mass is 32.3. The SMILES string of the molecule is Cc1ccc(C(=O)CS2(C)CCCC2)cc1. The molecule has 1 aromatic carbocycles. The van der Waals surface area contributed by atoms with E-state index < -0.39 is 10.0 Å². The molecular formula is C14H20OS. The van der Waals surface area contributed by atoms with Crippen molar-refractivity contribution in [3.05, 3.63) is 35.4 Å². The summed E-state index contributed by atoms with van der Waals surface area (Å²) in [7, 11) is -0.611. The molecule has 1 saturated heterocycles. The molecule has 88 valence electrons. The third-order valence-electron chi connectivity index (χ3n) is 3.38. The van der Waals surface area contributed by atoms with Gasteiger partial charge < -0.3 is 0 Å². The molecule has 0 radical (unpaired) electrons. The van der Waals surface area contributed by atoms with Gasteiger partial charge in [-0.15, -0.1) is 0 Å². The molecule has 0 amide bonds. The number of carbonyl (C=O) groups excluding carboxylic acids is 1. The lowest BCUT2D eigenvalue weighted by Gasteiger charge is -2.29. The molecule has 1 aliphatic heterocycles. The number of rotatable bonds is 3. The Bertz CT molecular complexity index is 374. The average molecular weight is 236 g/mol. The molecule has 0 aromatic heterocycles. The van der Waals surface area contributed by atoms with Crippen LogP contribution in [0.1, 0.15) is 28.8 Å². The highest BCUT2D eigenvalue weighted by molar-refractivity contribution is 8.33. The fourth-order valence-corrected chi connectivity index (χ4v) is 5.38. The first-order chi connectivity index (χ1) is 7.59. The maximum atomic E-state index is 12.1. The standard InChI is InChI=1S/C14H20OS/c1-12-5-7-13(8-6-12)14(15)11-16(2)9-3-4-10-16/h5-8H,3-4,9-11H2,1-2H3. The molecule has 0 unspecified atom stereocenters. The van der Waals surface area contributed by atoms with Crippen molar-refractivity contribution in [3.63, 3.8) is 0 Å². The third kappa shape index (κ3) is 2.67. The monoisotopic (exact) mass is 236 g/mol. The lowest BCUT2D eigenvalue weighted by atomic mass is 10.1. The van der Waals surface area contributed by atoms with E-state index in [1.165, 1.54) is 29.9 Å². The van der Waals surface area contributed by atoms with Gasteiger partial charge in [-0.1, -0.05) is 29.8 Å². The van der Waals surface area contributed by atoms with Crippen LogP contribution in [0.5, 0.6) is 0 Å². The topological polar surface area (TPSA) is 17.1 Å². The van der Waals surface area contributed by atoms with E-state index in [0.29, 0.717) is 5.78 Å². The number of hydrogen-bond acceptors (Lipinski definition) is 1. The number of aryl methyl sites for hydroxylation is 1. The van der Waals surface area contributed by atoms with E-state index in [2.05, 4.69) is 13.2 Å². The molecule has 0 bridgehead atoms. The Kier molecular flexibility index (Phi) is 3.38. The molecule has 0 N–H and O–H groups in total. The molecule has 0 saturated carbocycles. The minimum atomic E-state index is -0.611. The van der Waals surface area contributed by atoms with E-state index in [-0.39, 0.29) is 0 Å². The first-order valence-electron chi connectivity index (χ1n) is 5.90. The van der Waals surface area contributed by atoms with Gasteiger partial charge in [0, 0.05) is 11.3 Å². The summed E-state index contributed by atoms with van der Waals surface area (Å²) in [5, 5.41) is 0. The molecule has 0 aliphatic carbocycles. The largest absolute Gasteiger partial charge is 0.293 e. The van der Waals surface area contributed by atoms with Crippen molar-refractivity contribution in [1.82, 2.24) is 0 Å². The molecule has 2 heteroatoms. The molecule has 1 aliphatic rings. The van der Waals surface area contributed by atoms with E-state index in [4.69, 9.17) is 0 Å². The Morgan fingerprint density at radius 2 is 1.75 bits per heavy atom. The third-order valence-corrected chi connectivity index (χ3v) is 6.89. The highest BCUT2D eigenvalue weighted by Gasteiger charge is 2.26. The van der Waals surface area contributed by atoms with E-state index in [9.17, 15) is 4.79 Å². The predicted octanol–water partition coefficient (Wildman–Crippen LogP) is 3.41. The second kappa shape index (κ2) is 4.62. The zero-order valence-electron chi connectivity index (χ0n) is 10.2. The van der Waals surface area contributed by atoms with Gasteiger partial charge in [0.15, 0.2) is 5.78 Å². The van der Waals surface area contributed by atoms with Gasteiger partial charge in [0.1, 0.15) is 0 Å². The molecule has 1 nitrogen and oxygen atoms in total. The molecule has 1 aromatic rings. The summed E-state index contributed by atoms with van der Waals surface area (Å²) in [6, 6.07) is 7.99. The molecule has 1 fully saturated rings. The minimum Gasteiger partial charge on any atom is -0.293 e. The van der Waals surface area contributed by atoms with Gasteiger partial charge in [-0.2, -0.15) is 0 Å². The van der Waals surface area contributed by atoms with Crippen LogP contribution < -0.4 is 0 Å². The van der Waals surface area contributed by atoms with Gasteiger partial charge in [0.05, 0.1) is 0 Å². The Labute approximate surface area is 99.6 Å². The second-order valence-corrected chi connectivity index (χ2v) is 9.09. The van der Waals surface area contributed by atoms with Gasteiger partial charge >= 0.3 is 0 Å². The van der Waals surface area contributed by atoms with Gasteiger partial charge in [-0.25, -0.2) is 10.0 Å². The summed E-state index contributed by atoms with van der Waals surface area (Å²) in [5.74, 6) is 3.74. The van der Waals surface area contributed by atoms with E-state index in [1.54, 1.807) is 0 Å². The van der Waals surface area contributed by atoms with Gasteiger partial charge in [0.2, 0.25) is 0 Å². The van der Waals surface area contributed by atoms with Crippen LogP contribution in [0.3, 0.4) is 0 Å². The van der Waals surface area contributed by atoms with Crippen molar-refractivity contribution in [1.29, 1.82) is 0 Å². The second-order valence-electron chi connectivity index (χ2n) is 5.03. The zero-order chi connectivity index (χ0) is 11.6. The first-order valence-corrected chi connectivity index (χ1v) is 8.45. The van der Waals surface area contributed by atoms with Gasteiger partial charge in [0.25, 0.3) is 0 Å². The predicted molar refractivity (Wildman–Crippen MR) is 72.9 cm³/mol. The maximum absolute atomic E-state index is 12.1. The smallest absolute Gasteiger partial charge is 0.171 e. The summed E-state index contributed by atoms with van der Waals surface area (Å²) < 4.78 is 0. The summed E-state index contributed by atoms with van der Waals surface area (Å²) in [5.41, 5.74) is 2.11. The highest BCUT2D eigenvalue weighted by Crippen LogP contribution is 2.50. The Balaban J connectivity index is 2.05. The minimum absolute atomic E-state index is 0.347. The van der Waals surface area contributed by atoms with Crippen LogP contribution in [-0.4, -0.2) is 29.3 Å². The summed E-state index contributed by atoms with van der Waals surface area (Å²) in [4.78, 5) is 12.1. The normalized spacial score (nSPS) is 20.6. The number of hydrogen-bond donors (Lipinski definition) is 0. The van der Waals surface area contributed by atoms with Crippen molar-refractivity contribution < 1.29 is 4.79 Å². The average Bonchev–Trinajstić information content (AvgIpc) is 2.65. The van der Waals surface area contributed by atoms with Crippen molar-refractivity contribution in [2.75, 3.05) is 23.5 Å². The van der Waals surface area contributed by atoms with Crippen molar-refractivity contribution in [2.24, 2.45) is 0 Å². The lowest BCUT2D eigenvalue weighted by molar-refractivity contribution is 0.102. The molecule has 0 spiro atoms. The summed E-state index contributed by atoms with van der Waals surface area (Å²) in [6.45, 7) is 2.05. The van der Waals surface area contributed by atoms with Crippen molar-refractivity contribution >= 4 is 15.8 Å². The van der Waals surface area contributed by atoms with Gasteiger partial charge in [-0.05, 0) is 37.5 Å². The lowest BCUT2D eigenvalue weighted by Crippen LogP contribution is -2.14. The number of benzene rings is 1. The fourth-order valence-electron chi connectivity index (χ4n) is 2.29. The van der Waals surface area contributed by atoms with Crippen molar-refractivity contribution in [2.45, 2.75) is 19.8 Å².